The number of ether oxygens (including phenoxy) is 1. The van der Waals surface area contributed by atoms with E-state index in [0.29, 0.717) is 0 Å². The van der Waals surface area contributed by atoms with Crippen molar-refractivity contribution in [2.75, 3.05) is 19.0 Å². The predicted molar refractivity (Wildman–Crippen MR) is 69.2 cm³/mol. The summed E-state index contributed by atoms with van der Waals surface area (Å²) in [5, 5.41) is 3.29. The van der Waals surface area contributed by atoms with Crippen LogP contribution >= 0.6 is 0 Å². The molecule has 3 nitrogen and oxygen atoms in total. The minimum atomic E-state index is 0.775. The number of methoxy groups -OCH3 is 1. The summed E-state index contributed by atoms with van der Waals surface area (Å²) >= 11 is 0. The quantitative estimate of drug-likeness (QED) is 0.853. The first-order chi connectivity index (χ1) is 8.38. The first-order valence-corrected chi connectivity index (χ1v) is 5.45. The van der Waals surface area contributed by atoms with Gasteiger partial charge in [0.1, 0.15) is 5.75 Å². The van der Waals surface area contributed by atoms with E-state index in [9.17, 15) is 0 Å². The van der Waals surface area contributed by atoms with Gasteiger partial charge in [-0.3, -0.25) is 0 Å². The van der Waals surface area contributed by atoms with Crippen LogP contribution < -0.4 is 10.1 Å². The molecule has 0 atom stereocenters. The van der Waals surface area contributed by atoms with Crippen LogP contribution in [-0.2, 0) is 0 Å². The van der Waals surface area contributed by atoms with Gasteiger partial charge in [0.15, 0.2) is 0 Å². The molecule has 88 valence electrons. The van der Waals surface area contributed by atoms with Crippen LogP contribution in [0.1, 0.15) is 5.56 Å². The van der Waals surface area contributed by atoms with Gasteiger partial charge in [-0.15, -0.1) is 0 Å². The summed E-state index contributed by atoms with van der Waals surface area (Å²) in [6, 6.07) is 9.77. The topological polar surface area (TPSA) is 34.4 Å². The van der Waals surface area contributed by atoms with E-state index in [0.717, 1.165) is 23.5 Å². The lowest BCUT2D eigenvalue weighted by molar-refractivity contribution is 0.415. The van der Waals surface area contributed by atoms with Crippen molar-refractivity contribution in [1.29, 1.82) is 0 Å². The van der Waals surface area contributed by atoms with Crippen molar-refractivity contribution in [3.8, 4) is 5.75 Å². The lowest BCUT2D eigenvalue weighted by Crippen LogP contribution is -1.97. The van der Waals surface area contributed by atoms with E-state index in [1.165, 1.54) is 0 Å². The average molecular weight is 229 g/mol. The maximum atomic E-state index is 5.09. The van der Waals surface area contributed by atoms with E-state index in [1.807, 2.05) is 36.4 Å². The second kappa shape index (κ2) is 5.80. The van der Waals surface area contributed by atoms with E-state index in [4.69, 9.17) is 9.15 Å². The second-order valence-corrected chi connectivity index (χ2v) is 3.57. The van der Waals surface area contributed by atoms with Gasteiger partial charge in [0, 0.05) is 17.8 Å². The molecule has 2 rings (SSSR count). The van der Waals surface area contributed by atoms with Crippen molar-refractivity contribution in [2.24, 2.45) is 0 Å². The number of benzene rings is 1. The van der Waals surface area contributed by atoms with Crippen molar-refractivity contribution in [3.05, 3.63) is 54.5 Å². The summed E-state index contributed by atoms with van der Waals surface area (Å²) in [4.78, 5) is 0. The highest BCUT2D eigenvalue weighted by atomic mass is 16.5. The molecule has 1 aromatic heterocycles. The third-order valence-electron chi connectivity index (χ3n) is 2.37. The largest absolute Gasteiger partial charge is 0.497 e. The highest BCUT2D eigenvalue weighted by Crippen LogP contribution is 2.14. The summed E-state index contributed by atoms with van der Waals surface area (Å²) in [5.74, 6) is 0.865. The number of rotatable bonds is 5. The number of nitrogens with one attached hydrogen (secondary N) is 1. The summed E-state index contributed by atoms with van der Waals surface area (Å²) < 4.78 is 10.1. The highest BCUT2D eigenvalue weighted by Gasteiger charge is 1.91. The highest BCUT2D eigenvalue weighted by molar-refractivity contribution is 5.50. The average Bonchev–Trinajstić information content (AvgIpc) is 2.88. The van der Waals surface area contributed by atoms with E-state index in [1.54, 1.807) is 19.6 Å². The molecule has 0 radical (unpaired) electrons. The minimum Gasteiger partial charge on any atom is -0.497 e. The fourth-order valence-electron chi connectivity index (χ4n) is 1.45. The van der Waals surface area contributed by atoms with Crippen LogP contribution in [0.25, 0.3) is 6.08 Å². The molecule has 0 aliphatic carbocycles. The van der Waals surface area contributed by atoms with Gasteiger partial charge in [0.05, 0.1) is 19.6 Å². The molecule has 0 aliphatic rings. The third kappa shape index (κ3) is 3.41. The molecule has 17 heavy (non-hydrogen) atoms. The molecule has 1 aromatic carbocycles. The van der Waals surface area contributed by atoms with Crippen LogP contribution in [0.4, 0.5) is 5.69 Å². The Morgan fingerprint density at radius 3 is 2.71 bits per heavy atom. The normalized spacial score (nSPS) is 10.6. The smallest absolute Gasteiger partial charge is 0.119 e. The standard InChI is InChI=1S/C14H15NO2/c1-16-14-6-4-13(5-7-14)15-9-2-3-12-8-10-17-11-12/h2-8,10-11,15H,9H2,1H3/b3-2+. The molecule has 0 amide bonds. The van der Waals surface area contributed by atoms with Crippen molar-refractivity contribution in [3.63, 3.8) is 0 Å². The molecule has 2 aromatic rings. The van der Waals surface area contributed by atoms with E-state index in [2.05, 4.69) is 11.4 Å². The van der Waals surface area contributed by atoms with E-state index < -0.39 is 0 Å². The van der Waals surface area contributed by atoms with Crippen molar-refractivity contribution in [1.82, 2.24) is 0 Å². The van der Waals surface area contributed by atoms with Gasteiger partial charge in [-0.1, -0.05) is 12.2 Å². The molecular weight excluding hydrogens is 214 g/mol. The first-order valence-electron chi connectivity index (χ1n) is 5.45. The third-order valence-corrected chi connectivity index (χ3v) is 2.37. The first kappa shape index (κ1) is 11.3. The predicted octanol–water partition coefficient (Wildman–Crippen LogP) is 3.41. The lowest BCUT2D eigenvalue weighted by Gasteiger charge is -2.04. The fraction of sp³-hybridized carbons (Fsp3) is 0.143. The van der Waals surface area contributed by atoms with Gasteiger partial charge >= 0.3 is 0 Å². The fourth-order valence-corrected chi connectivity index (χ4v) is 1.45. The monoisotopic (exact) mass is 229 g/mol. The SMILES string of the molecule is COc1ccc(NC/C=C/c2ccoc2)cc1. The Morgan fingerprint density at radius 2 is 2.06 bits per heavy atom. The zero-order valence-electron chi connectivity index (χ0n) is 9.72. The molecule has 1 N–H and O–H groups in total. The summed E-state index contributed by atoms with van der Waals surface area (Å²) in [6.45, 7) is 0.775. The molecule has 0 aliphatic heterocycles. The number of hydrogen-bond donors (Lipinski definition) is 1. The number of hydrogen-bond acceptors (Lipinski definition) is 3. The van der Waals surface area contributed by atoms with Crippen LogP contribution in [0.2, 0.25) is 0 Å². The molecule has 0 spiro atoms. The van der Waals surface area contributed by atoms with Gasteiger partial charge in [-0.2, -0.15) is 0 Å². The molecule has 0 saturated heterocycles. The van der Waals surface area contributed by atoms with Gasteiger partial charge in [-0.05, 0) is 30.3 Å². The number of anilines is 1. The van der Waals surface area contributed by atoms with Gasteiger partial charge in [0.25, 0.3) is 0 Å². The molecule has 1 heterocycles. The molecule has 3 heteroatoms. The minimum absolute atomic E-state index is 0.775. The summed E-state index contributed by atoms with van der Waals surface area (Å²) in [6.07, 6.45) is 7.44. The second-order valence-electron chi connectivity index (χ2n) is 3.57. The Labute approximate surface area is 101 Å². The van der Waals surface area contributed by atoms with Gasteiger partial charge < -0.3 is 14.5 Å². The van der Waals surface area contributed by atoms with Crippen LogP contribution in [0.3, 0.4) is 0 Å². The van der Waals surface area contributed by atoms with E-state index >= 15 is 0 Å². The Bertz CT molecular complexity index is 457. The molecular formula is C14H15NO2. The van der Waals surface area contributed by atoms with Gasteiger partial charge in [0.2, 0.25) is 0 Å². The summed E-state index contributed by atoms with van der Waals surface area (Å²) in [7, 11) is 1.66. The lowest BCUT2D eigenvalue weighted by atomic mass is 10.3. The Kier molecular flexibility index (Phi) is 3.86. The van der Waals surface area contributed by atoms with Gasteiger partial charge in [-0.25, -0.2) is 0 Å². The van der Waals surface area contributed by atoms with Crippen molar-refractivity contribution >= 4 is 11.8 Å². The Morgan fingerprint density at radius 1 is 1.24 bits per heavy atom. The molecule has 0 fully saturated rings. The van der Waals surface area contributed by atoms with Crippen LogP contribution in [0, 0.1) is 0 Å². The summed E-state index contributed by atoms with van der Waals surface area (Å²) in [5.41, 5.74) is 2.14. The maximum absolute atomic E-state index is 5.09. The Balaban J connectivity index is 1.81. The molecule has 0 saturated carbocycles. The maximum Gasteiger partial charge on any atom is 0.119 e. The molecule has 0 unspecified atom stereocenters. The van der Waals surface area contributed by atoms with Crippen molar-refractivity contribution < 1.29 is 9.15 Å². The Hall–Kier alpha value is -2.16. The zero-order valence-corrected chi connectivity index (χ0v) is 9.72. The van der Waals surface area contributed by atoms with Crippen molar-refractivity contribution in [2.45, 2.75) is 0 Å². The van der Waals surface area contributed by atoms with Crippen LogP contribution in [-0.4, -0.2) is 13.7 Å². The zero-order chi connectivity index (χ0) is 11.9. The number of furan rings is 1. The van der Waals surface area contributed by atoms with Crippen LogP contribution in [0.15, 0.2) is 53.4 Å². The van der Waals surface area contributed by atoms with Crippen LogP contribution in [0.5, 0.6) is 5.75 Å². The van der Waals surface area contributed by atoms with E-state index in [-0.39, 0.29) is 0 Å². The molecule has 0 bridgehead atoms.